The van der Waals surface area contributed by atoms with Gasteiger partial charge in [-0.05, 0) is 0 Å². The molecule has 0 aliphatic heterocycles. The van der Waals surface area contributed by atoms with Crippen molar-refractivity contribution in [2.45, 2.75) is 13.1 Å². The largest absolute Gasteiger partial charge is 0.309 e. The number of pyridine rings is 2. The third kappa shape index (κ3) is 2.57. The van der Waals surface area contributed by atoms with Crippen LogP contribution in [0.1, 0.15) is 20.7 Å². The topological polar surface area (TPSA) is 104 Å². The molecule has 8 heteroatoms. The lowest BCUT2D eigenvalue weighted by atomic mass is 10.2. The summed E-state index contributed by atoms with van der Waals surface area (Å²) >= 11 is 0. The minimum Gasteiger partial charge on any atom is -0.309 e. The smallest absolute Gasteiger partial charge is 0.279 e. The number of hydrogen-bond donors (Lipinski definition) is 0. The first kappa shape index (κ1) is 17.2. The molecule has 3 aromatic heterocycles. The zero-order valence-electron chi connectivity index (χ0n) is 13.7. The number of carbonyl (C=O) groups is 2. The van der Waals surface area contributed by atoms with Crippen molar-refractivity contribution in [3.63, 3.8) is 0 Å². The molecule has 0 saturated carbocycles. The maximum Gasteiger partial charge on any atom is 0.279 e. The molecule has 3 heterocycles. The van der Waals surface area contributed by atoms with Gasteiger partial charge in [0.1, 0.15) is 11.0 Å². The van der Waals surface area contributed by atoms with E-state index in [0.717, 1.165) is 0 Å². The normalized spacial score (nSPS) is 10.8. The zero-order valence-corrected chi connectivity index (χ0v) is 13.7. The molecule has 0 bridgehead atoms. The maximum absolute atomic E-state index is 12.6. The van der Waals surface area contributed by atoms with Crippen LogP contribution >= 0.6 is 0 Å². The highest BCUT2D eigenvalue weighted by atomic mass is 16.1. The summed E-state index contributed by atoms with van der Waals surface area (Å²) < 4.78 is 2.53. The third-order valence-corrected chi connectivity index (χ3v) is 3.86. The second kappa shape index (κ2) is 6.67. The van der Waals surface area contributed by atoms with E-state index in [1.165, 1.54) is 33.7 Å². The highest BCUT2D eigenvalue weighted by Crippen LogP contribution is 2.16. The van der Waals surface area contributed by atoms with Crippen molar-refractivity contribution in [1.29, 1.82) is 0 Å². The number of aromatic nitrogens is 4. The van der Waals surface area contributed by atoms with Crippen molar-refractivity contribution in [3.8, 4) is 0 Å². The predicted molar refractivity (Wildman–Crippen MR) is 96.7 cm³/mol. The molecule has 0 unspecified atom stereocenters. The lowest BCUT2D eigenvalue weighted by molar-refractivity contribution is 0.111. The van der Waals surface area contributed by atoms with Crippen LogP contribution in [0.25, 0.3) is 22.1 Å². The summed E-state index contributed by atoms with van der Waals surface area (Å²) in [7, 11) is 0. The Hall–Kier alpha value is -3.68. The van der Waals surface area contributed by atoms with E-state index in [4.69, 9.17) is 0 Å². The molecule has 0 N–H and O–H groups in total. The lowest BCUT2D eigenvalue weighted by Gasteiger charge is -2.10. The lowest BCUT2D eigenvalue weighted by Crippen LogP contribution is -2.25. The van der Waals surface area contributed by atoms with Crippen molar-refractivity contribution in [3.05, 3.63) is 69.5 Å². The number of carbonyl (C=O) groups excluding carboxylic acids is 2. The first-order valence-corrected chi connectivity index (χ1v) is 7.66. The molecule has 0 spiro atoms. The fourth-order valence-electron chi connectivity index (χ4n) is 2.71. The van der Waals surface area contributed by atoms with Gasteiger partial charge in [-0.3, -0.25) is 19.2 Å². The van der Waals surface area contributed by atoms with Gasteiger partial charge < -0.3 is 9.13 Å². The molecule has 0 saturated heterocycles. The molecule has 0 radical (unpaired) electrons. The molecule has 3 aromatic rings. The van der Waals surface area contributed by atoms with E-state index in [9.17, 15) is 19.2 Å². The first-order chi connectivity index (χ1) is 12.5. The molecule has 0 atom stereocenters. The van der Waals surface area contributed by atoms with Crippen LogP contribution in [0.5, 0.6) is 0 Å². The molecule has 8 nitrogen and oxygen atoms in total. The number of nitrogens with zero attached hydrogens (tertiary/aromatic N) is 4. The summed E-state index contributed by atoms with van der Waals surface area (Å²) in [5.41, 5.74) is -0.907. The Bertz CT molecular complexity index is 1110. The number of rotatable bonds is 6. The Morgan fingerprint density at radius 1 is 0.769 bits per heavy atom. The minimum absolute atomic E-state index is 0.0168. The van der Waals surface area contributed by atoms with Crippen molar-refractivity contribution in [1.82, 2.24) is 19.1 Å². The number of fused-ring (bicyclic) bond motifs is 2. The molecule has 0 aromatic carbocycles. The second-order valence-corrected chi connectivity index (χ2v) is 5.51. The standard InChI is InChI=1S/C18H14N4O4/c1-3-5-21-7-11(9-23)13-15(17(21)25)19-14-12(10-24)8-22(6-4-2)18(26)16(14)20-13/h3-4,7-10H,1-2,5-6H2. The van der Waals surface area contributed by atoms with E-state index in [2.05, 4.69) is 23.1 Å². The monoisotopic (exact) mass is 350 g/mol. The summed E-state index contributed by atoms with van der Waals surface area (Å²) in [6, 6.07) is 0. The highest BCUT2D eigenvalue weighted by molar-refractivity contribution is 6.00. The quantitative estimate of drug-likeness (QED) is 0.375. The summed E-state index contributed by atoms with van der Waals surface area (Å²) in [5, 5.41) is 0. The van der Waals surface area contributed by atoms with Crippen LogP contribution in [0.15, 0.2) is 47.3 Å². The van der Waals surface area contributed by atoms with E-state index in [-0.39, 0.29) is 46.3 Å². The van der Waals surface area contributed by atoms with Crippen molar-refractivity contribution in [2.24, 2.45) is 0 Å². The van der Waals surface area contributed by atoms with Gasteiger partial charge in [-0.15, -0.1) is 13.2 Å². The van der Waals surface area contributed by atoms with Gasteiger partial charge in [0.2, 0.25) is 0 Å². The third-order valence-electron chi connectivity index (χ3n) is 3.86. The fraction of sp³-hybridized carbons (Fsp3) is 0.111. The second-order valence-electron chi connectivity index (χ2n) is 5.51. The molecule has 0 amide bonds. The van der Waals surface area contributed by atoms with Gasteiger partial charge in [-0.2, -0.15) is 0 Å². The van der Waals surface area contributed by atoms with E-state index in [0.29, 0.717) is 12.6 Å². The van der Waals surface area contributed by atoms with Crippen LogP contribution in [0.4, 0.5) is 0 Å². The Kier molecular flexibility index (Phi) is 4.40. The Morgan fingerprint density at radius 3 is 1.46 bits per heavy atom. The van der Waals surface area contributed by atoms with E-state index >= 15 is 0 Å². The molecule has 3 rings (SSSR count). The predicted octanol–water partition coefficient (Wildman–Crippen LogP) is 1.10. The van der Waals surface area contributed by atoms with Crippen LogP contribution in [0.3, 0.4) is 0 Å². The fourth-order valence-corrected chi connectivity index (χ4v) is 2.71. The van der Waals surface area contributed by atoms with Gasteiger partial charge in [-0.1, -0.05) is 12.2 Å². The summed E-state index contributed by atoms with van der Waals surface area (Å²) in [4.78, 5) is 56.5. The molecule has 0 aliphatic carbocycles. The Morgan fingerprint density at radius 2 is 1.15 bits per heavy atom. The van der Waals surface area contributed by atoms with Crippen LogP contribution in [-0.2, 0) is 13.1 Å². The van der Waals surface area contributed by atoms with Gasteiger partial charge in [-0.25, -0.2) is 9.97 Å². The van der Waals surface area contributed by atoms with Crippen molar-refractivity contribution in [2.75, 3.05) is 0 Å². The molecule has 0 aliphatic rings. The summed E-state index contributed by atoms with van der Waals surface area (Å²) in [6.45, 7) is 7.49. The van der Waals surface area contributed by atoms with Crippen LogP contribution < -0.4 is 11.1 Å². The SMILES string of the molecule is C=CCn1cc(C=O)c2nc3c(=O)n(CC=C)cc(C=O)c3nc2c1=O. The highest BCUT2D eigenvalue weighted by Gasteiger charge is 2.17. The average molecular weight is 350 g/mol. The van der Waals surface area contributed by atoms with Crippen LogP contribution in [0.2, 0.25) is 0 Å². The summed E-state index contributed by atoms with van der Waals surface area (Å²) in [6.07, 6.45) is 6.75. The van der Waals surface area contributed by atoms with Gasteiger partial charge >= 0.3 is 0 Å². The summed E-state index contributed by atoms with van der Waals surface area (Å²) in [5.74, 6) is 0. The molecule has 0 fully saturated rings. The Balaban J connectivity index is 2.55. The minimum atomic E-state index is -0.494. The van der Waals surface area contributed by atoms with Gasteiger partial charge in [0, 0.05) is 25.5 Å². The van der Waals surface area contributed by atoms with Gasteiger partial charge in [0.15, 0.2) is 23.6 Å². The van der Waals surface area contributed by atoms with Crippen molar-refractivity contribution >= 4 is 34.6 Å². The number of allylic oxidation sites excluding steroid dienone is 2. The average Bonchev–Trinajstić information content (AvgIpc) is 2.65. The number of aldehydes is 2. The van der Waals surface area contributed by atoms with Gasteiger partial charge in [0.25, 0.3) is 11.1 Å². The molecular formula is C18H14N4O4. The van der Waals surface area contributed by atoms with E-state index in [1.807, 2.05) is 0 Å². The molecule has 130 valence electrons. The van der Waals surface area contributed by atoms with E-state index < -0.39 is 11.1 Å². The van der Waals surface area contributed by atoms with Crippen molar-refractivity contribution < 1.29 is 9.59 Å². The van der Waals surface area contributed by atoms with Gasteiger partial charge in [0.05, 0.1) is 11.1 Å². The van der Waals surface area contributed by atoms with E-state index in [1.54, 1.807) is 0 Å². The Labute approximate surface area is 146 Å². The number of hydrogen-bond acceptors (Lipinski definition) is 6. The maximum atomic E-state index is 12.6. The van der Waals surface area contributed by atoms with Crippen LogP contribution in [-0.4, -0.2) is 31.7 Å². The molecule has 26 heavy (non-hydrogen) atoms. The zero-order chi connectivity index (χ0) is 18.8. The first-order valence-electron chi connectivity index (χ1n) is 7.66. The molecular weight excluding hydrogens is 336 g/mol. The van der Waals surface area contributed by atoms with Crippen LogP contribution in [0, 0.1) is 0 Å².